The summed E-state index contributed by atoms with van der Waals surface area (Å²) in [6.07, 6.45) is 1.09. The zero-order chi connectivity index (χ0) is 14.1. The molecule has 0 fully saturated rings. The lowest BCUT2D eigenvalue weighted by Crippen LogP contribution is -1.96. The molecule has 0 N–H and O–H groups in total. The van der Waals surface area contributed by atoms with Crippen LogP contribution in [0.3, 0.4) is 0 Å². The van der Waals surface area contributed by atoms with Gasteiger partial charge in [-0.15, -0.1) is 0 Å². The number of hydrogen-bond acceptors (Lipinski definition) is 2. The predicted molar refractivity (Wildman–Crippen MR) is 82.8 cm³/mol. The third-order valence-electron chi connectivity index (χ3n) is 3.73. The maximum absolute atomic E-state index is 5.36. The van der Waals surface area contributed by atoms with Crippen LogP contribution >= 0.6 is 0 Å². The van der Waals surface area contributed by atoms with Gasteiger partial charge < -0.3 is 14.0 Å². The highest BCUT2D eigenvalue weighted by molar-refractivity contribution is 6.08. The standard InChI is InChI=1S/C17H19NO2/c1-4-9-18-16-10-12(19-2)5-7-14(16)15-8-6-13(20-3)11-17(15)18/h5-8,10-11H,4,9H2,1-3H3. The molecule has 20 heavy (non-hydrogen) atoms. The Morgan fingerprint density at radius 2 is 1.35 bits per heavy atom. The Labute approximate surface area is 118 Å². The average molecular weight is 269 g/mol. The van der Waals surface area contributed by atoms with Gasteiger partial charge in [0.05, 0.1) is 25.3 Å². The molecular weight excluding hydrogens is 250 g/mol. The van der Waals surface area contributed by atoms with Crippen LogP contribution in [0.5, 0.6) is 11.5 Å². The normalized spacial score (nSPS) is 11.2. The van der Waals surface area contributed by atoms with Gasteiger partial charge in [0.15, 0.2) is 0 Å². The molecule has 0 aliphatic carbocycles. The van der Waals surface area contributed by atoms with E-state index < -0.39 is 0 Å². The lowest BCUT2D eigenvalue weighted by Gasteiger charge is -2.07. The molecule has 0 unspecified atom stereocenters. The van der Waals surface area contributed by atoms with Crippen LogP contribution in [0, 0.1) is 0 Å². The van der Waals surface area contributed by atoms with Gasteiger partial charge in [-0.1, -0.05) is 6.92 Å². The lowest BCUT2D eigenvalue weighted by atomic mass is 10.1. The summed E-state index contributed by atoms with van der Waals surface area (Å²) in [5.74, 6) is 1.79. The van der Waals surface area contributed by atoms with Crippen molar-refractivity contribution in [2.24, 2.45) is 0 Å². The first-order valence-electron chi connectivity index (χ1n) is 6.92. The molecule has 0 radical (unpaired) electrons. The second-order valence-corrected chi connectivity index (χ2v) is 4.92. The second-order valence-electron chi connectivity index (χ2n) is 4.92. The van der Waals surface area contributed by atoms with Crippen molar-refractivity contribution in [3.63, 3.8) is 0 Å². The molecule has 2 aromatic carbocycles. The first kappa shape index (κ1) is 12.9. The summed E-state index contributed by atoms with van der Waals surface area (Å²) in [6, 6.07) is 12.5. The van der Waals surface area contributed by atoms with E-state index in [9.17, 15) is 0 Å². The summed E-state index contributed by atoms with van der Waals surface area (Å²) in [7, 11) is 3.41. The number of aryl methyl sites for hydroxylation is 1. The molecule has 0 saturated carbocycles. The molecule has 3 nitrogen and oxygen atoms in total. The zero-order valence-electron chi connectivity index (χ0n) is 12.1. The van der Waals surface area contributed by atoms with Crippen molar-refractivity contribution < 1.29 is 9.47 Å². The molecule has 3 aromatic rings. The fraction of sp³-hybridized carbons (Fsp3) is 0.294. The van der Waals surface area contributed by atoms with Gasteiger partial charge in [0.2, 0.25) is 0 Å². The molecule has 104 valence electrons. The van der Waals surface area contributed by atoms with Crippen LogP contribution in [0.15, 0.2) is 36.4 Å². The molecule has 1 aromatic heterocycles. The molecule has 3 rings (SSSR count). The maximum Gasteiger partial charge on any atom is 0.120 e. The van der Waals surface area contributed by atoms with E-state index in [-0.39, 0.29) is 0 Å². The van der Waals surface area contributed by atoms with Crippen LogP contribution in [0.1, 0.15) is 13.3 Å². The van der Waals surface area contributed by atoms with Crippen molar-refractivity contribution in [2.75, 3.05) is 14.2 Å². The Hall–Kier alpha value is -2.16. The highest BCUT2D eigenvalue weighted by Gasteiger charge is 2.11. The summed E-state index contributed by atoms with van der Waals surface area (Å²) in [5, 5.41) is 2.52. The molecule has 0 atom stereocenters. The fourth-order valence-electron chi connectivity index (χ4n) is 2.77. The minimum absolute atomic E-state index is 0.893. The number of ether oxygens (including phenoxy) is 2. The van der Waals surface area contributed by atoms with E-state index in [4.69, 9.17) is 9.47 Å². The second kappa shape index (κ2) is 5.08. The molecule has 1 heterocycles. The van der Waals surface area contributed by atoms with Crippen molar-refractivity contribution in [3.05, 3.63) is 36.4 Å². The van der Waals surface area contributed by atoms with E-state index in [2.05, 4.69) is 35.8 Å². The Balaban J connectivity index is 2.38. The molecule has 0 aliphatic rings. The number of fused-ring (bicyclic) bond motifs is 3. The molecular formula is C17H19NO2. The van der Waals surface area contributed by atoms with Gasteiger partial charge in [-0.25, -0.2) is 0 Å². The lowest BCUT2D eigenvalue weighted by molar-refractivity contribution is 0.415. The summed E-state index contributed by atoms with van der Waals surface area (Å²) < 4.78 is 13.1. The monoisotopic (exact) mass is 269 g/mol. The molecule has 3 heteroatoms. The Bertz CT molecular complexity index is 697. The van der Waals surface area contributed by atoms with Gasteiger partial charge in [0.25, 0.3) is 0 Å². The van der Waals surface area contributed by atoms with Gasteiger partial charge in [-0.3, -0.25) is 0 Å². The van der Waals surface area contributed by atoms with Gasteiger partial charge >= 0.3 is 0 Å². The smallest absolute Gasteiger partial charge is 0.120 e. The van der Waals surface area contributed by atoms with E-state index in [0.29, 0.717) is 0 Å². The van der Waals surface area contributed by atoms with Crippen LogP contribution in [-0.2, 0) is 6.54 Å². The SMILES string of the molecule is CCCn1c2cc(OC)ccc2c2ccc(OC)cc21. The number of methoxy groups -OCH3 is 2. The van der Waals surface area contributed by atoms with Crippen molar-refractivity contribution in [3.8, 4) is 11.5 Å². The van der Waals surface area contributed by atoms with Crippen molar-refractivity contribution in [1.82, 2.24) is 4.57 Å². The summed E-state index contributed by atoms with van der Waals surface area (Å²) in [5.41, 5.74) is 2.43. The molecule has 0 saturated heterocycles. The largest absolute Gasteiger partial charge is 0.497 e. The van der Waals surface area contributed by atoms with E-state index in [1.54, 1.807) is 14.2 Å². The maximum atomic E-state index is 5.36. The molecule has 0 amide bonds. The molecule has 0 spiro atoms. The molecule has 0 bridgehead atoms. The number of nitrogens with zero attached hydrogens (tertiary/aromatic N) is 1. The van der Waals surface area contributed by atoms with E-state index in [1.165, 1.54) is 21.8 Å². The fourth-order valence-corrected chi connectivity index (χ4v) is 2.77. The summed E-state index contributed by atoms with van der Waals surface area (Å²) in [4.78, 5) is 0. The third kappa shape index (κ3) is 1.90. The zero-order valence-corrected chi connectivity index (χ0v) is 12.1. The van der Waals surface area contributed by atoms with E-state index >= 15 is 0 Å². The van der Waals surface area contributed by atoms with Crippen LogP contribution < -0.4 is 9.47 Å². The van der Waals surface area contributed by atoms with Crippen molar-refractivity contribution >= 4 is 21.8 Å². The number of rotatable bonds is 4. The van der Waals surface area contributed by atoms with E-state index in [1.807, 2.05) is 12.1 Å². The summed E-state index contributed by atoms with van der Waals surface area (Å²) >= 11 is 0. The summed E-state index contributed by atoms with van der Waals surface area (Å²) in [6.45, 7) is 3.18. The van der Waals surface area contributed by atoms with Crippen molar-refractivity contribution in [1.29, 1.82) is 0 Å². The quantitative estimate of drug-likeness (QED) is 0.708. The number of aromatic nitrogens is 1. The Kier molecular flexibility index (Phi) is 3.26. The number of hydrogen-bond donors (Lipinski definition) is 0. The Morgan fingerprint density at radius 1 is 0.850 bits per heavy atom. The highest BCUT2D eigenvalue weighted by atomic mass is 16.5. The first-order chi connectivity index (χ1) is 9.78. The Morgan fingerprint density at radius 3 is 1.75 bits per heavy atom. The predicted octanol–water partition coefficient (Wildman–Crippen LogP) is 4.22. The van der Waals surface area contributed by atoms with E-state index in [0.717, 1.165) is 24.5 Å². The number of benzene rings is 2. The average Bonchev–Trinajstić information content (AvgIpc) is 2.80. The minimum atomic E-state index is 0.893. The molecule has 0 aliphatic heterocycles. The van der Waals surface area contributed by atoms with Crippen LogP contribution in [0.4, 0.5) is 0 Å². The topological polar surface area (TPSA) is 23.4 Å². The van der Waals surface area contributed by atoms with Gasteiger partial charge in [0.1, 0.15) is 11.5 Å². The van der Waals surface area contributed by atoms with Crippen molar-refractivity contribution in [2.45, 2.75) is 19.9 Å². The van der Waals surface area contributed by atoms with Crippen LogP contribution in [-0.4, -0.2) is 18.8 Å². The van der Waals surface area contributed by atoms with Gasteiger partial charge in [0, 0.05) is 29.4 Å². The van der Waals surface area contributed by atoms with Crippen LogP contribution in [0.25, 0.3) is 21.8 Å². The minimum Gasteiger partial charge on any atom is -0.497 e. The first-order valence-corrected chi connectivity index (χ1v) is 6.92. The van der Waals surface area contributed by atoms with Gasteiger partial charge in [-0.05, 0) is 30.7 Å². The van der Waals surface area contributed by atoms with Crippen LogP contribution in [0.2, 0.25) is 0 Å². The van der Waals surface area contributed by atoms with Gasteiger partial charge in [-0.2, -0.15) is 0 Å². The highest BCUT2D eigenvalue weighted by Crippen LogP contribution is 2.33. The third-order valence-corrected chi connectivity index (χ3v) is 3.73.